The van der Waals surface area contributed by atoms with Gasteiger partial charge in [0.15, 0.2) is 0 Å². The second kappa shape index (κ2) is 11.2. The molecular weight excluding hydrogens is 416 g/mol. The number of piperidine rings is 1. The van der Waals surface area contributed by atoms with E-state index >= 15 is 0 Å². The second-order valence-electron chi connectivity index (χ2n) is 10.4. The van der Waals surface area contributed by atoms with E-state index in [0.29, 0.717) is 18.7 Å². The maximum absolute atomic E-state index is 13.5. The van der Waals surface area contributed by atoms with Crippen LogP contribution in [0.4, 0.5) is 4.79 Å². The van der Waals surface area contributed by atoms with Crippen LogP contribution in [0.25, 0.3) is 0 Å². The number of aromatic nitrogens is 2. The lowest BCUT2D eigenvalue weighted by Crippen LogP contribution is -2.58. The van der Waals surface area contributed by atoms with Crippen molar-refractivity contribution in [1.29, 1.82) is 0 Å². The van der Waals surface area contributed by atoms with E-state index in [1.54, 1.807) is 7.11 Å². The summed E-state index contributed by atoms with van der Waals surface area (Å²) in [4.78, 5) is 20.5. The van der Waals surface area contributed by atoms with Crippen LogP contribution in [0.3, 0.4) is 0 Å². The number of hydrogen-bond acceptors (Lipinski definition) is 5. The molecule has 0 radical (unpaired) electrons. The molecule has 0 spiro atoms. The van der Waals surface area contributed by atoms with E-state index in [0.717, 1.165) is 32.2 Å². The van der Waals surface area contributed by atoms with Crippen molar-refractivity contribution in [3.8, 4) is 0 Å². The van der Waals surface area contributed by atoms with E-state index < -0.39 is 0 Å². The molecular formula is C25H44N6O2. The summed E-state index contributed by atoms with van der Waals surface area (Å²) in [5.41, 5.74) is 2.44. The third kappa shape index (κ3) is 5.54. The summed E-state index contributed by atoms with van der Waals surface area (Å²) in [7, 11) is 8.24. The summed E-state index contributed by atoms with van der Waals surface area (Å²) in [6.07, 6.45) is 12.3. The van der Waals surface area contributed by atoms with Gasteiger partial charge in [0.25, 0.3) is 0 Å². The molecule has 3 aliphatic rings. The lowest BCUT2D eigenvalue weighted by molar-refractivity contribution is 0.0418. The lowest BCUT2D eigenvalue weighted by Gasteiger charge is -2.47. The van der Waals surface area contributed by atoms with Gasteiger partial charge in [-0.1, -0.05) is 12.8 Å². The van der Waals surface area contributed by atoms with Crippen LogP contribution in [0.15, 0.2) is 6.20 Å². The largest absolute Gasteiger partial charge is 0.383 e. The zero-order chi connectivity index (χ0) is 23.4. The molecule has 186 valence electrons. The van der Waals surface area contributed by atoms with Gasteiger partial charge >= 0.3 is 6.03 Å². The molecule has 3 atom stereocenters. The highest BCUT2D eigenvalue weighted by molar-refractivity contribution is 5.75. The Morgan fingerprint density at radius 3 is 2.58 bits per heavy atom. The van der Waals surface area contributed by atoms with Crippen molar-refractivity contribution in [2.24, 2.45) is 0 Å². The molecule has 0 bridgehead atoms. The summed E-state index contributed by atoms with van der Waals surface area (Å²) in [5, 5.41) is 7.96. The number of likely N-dealkylation sites (tertiary alicyclic amines) is 1. The number of nitrogens with one attached hydrogen (secondary N) is 1. The summed E-state index contributed by atoms with van der Waals surface area (Å²) in [6, 6.07) is 1.42. The van der Waals surface area contributed by atoms with Gasteiger partial charge in [0, 0.05) is 32.3 Å². The predicted molar refractivity (Wildman–Crippen MR) is 130 cm³/mol. The van der Waals surface area contributed by atoms with E-state index in [2.05, 4.69) is 34.3 Å². The normalized spacial score (nSPS) is 26.9. The van der Waals surface area contributed by atoms with Crippen LogP contribution in [-0.4, -0.2) is 96.6 Å². The fourth-order valence-corrected chi connectivity index (χ4v) is 6.25. The van der Waals surface area contributed by atoms with E-state index in [-0.39, 0.29) is 18.1 Å². The number of ether oxygens (including phenoxy) is 1. The number of likely N-dealkylation sites (N-methyl/N-ethyl adjacent to an activating group) is 2. The van der Waals surface area contributed by atoms with Gasteiger partial charge in [-0.15, -0.1) is 0 Å². The van der Waals surface area contributed by atoms with Crippen LogP contribution < -0.4 is 5.32 Å². The molecule has 2 amide bonds. The zero-order valence-corrected chi connectivity index (χ0v) is 21.1. The molecule has 1 saturated heterocycles. The van der Waals surface area contributed by atoms with Crippen LogP contribution >= 0.6 is 0 Å². The smallest absolute Gasteiger partial charge is 0.317 e. The number of hydrogen-bond donors (Lipinski definition) is 1. The minimum atomic E-state index is 0.0247. The predicted octanol–water partition coefficient (Wildman–Crippen LogP) is 2.89. The Kier molecular flexibility index (Phi) is 8.30. The number of methoxy groups -OCH3 is 1. The third-order valence-corrected chi connectivity index (χ3v) is 8.33. The van der Waals surface area contributed by atoms with Crippen LogP contribution in [0.1, 0.15) is 68.7 Å². The first-order valence-electron chi connectivity index (χ1n) is 13.0. The molecule has 2 aliphatic carbocycles. The first-order valence-corrected chi connectivity index (χ1v) is 13.0. The van der Waals surface area contributed by atoms with E-state index in [9.17, 15) is 4.79 Å². The Balaban J connectivity index is 1.42. The van der Waals surface area contributed by atoms with Gasteiger partial charge in [-0.3, -0.25) is 9.58 Å². The maximum Gasteiger partial charge on any atom is 0.317 e. The molecule has 3 unspecified atom stereocenters. The van der Waals surface area contributed by atoms with Crippen molar-refractivity contribution in [2.45, 2.75) is 88.5 Å². The monoisotopic (exact) mass is 460 g/mol. The van der Waals surface area contributed by atoms with Crippen molar-refractivity contribution in [3.63, 3.8) is 0 Å². The molecule has 1 N–H and O–H groups in total. The Bertz CT molecular complexity index is 775. The van der Waals surface area contributed by atoms with Gasteiger partial charge in [-0.25, -0.2) is 4.79 Å². The number of fused-ring (bicyclic) bond motifs is 1. The first-order chi connectivity index (χ1) is 16.0. The minimum absolute atomic E-state index is 0.0247. The highest BCUT2D eigenvalue weighted by atomic mass is 16.5. The number of carbonyl (C=O) groups excluding carboxylic acids is 1. The van der Waals surface area contributed by atoms with E-state index in [1.165, 1.54) is 56.5 Å². The van der Waals surface area contributed by atoms with Gasteiger partial charge in [0.05, 0.1) is 31.1 Å². The van der Waals surface area contributed by atoms with Crippen LogP contribution in [0, 0.1) is 0 Å². The molecule has 1 aromatic rings. The Morgan fingerprint density at radius 2 is 1.85 bits per heavy atom. The van der Waals surface area contributed by atoms with E-state index in [1.807, 2.05) is 22.8 Å². The van der Waals surface area contributed by atoms with Crippen molar-refractivity contribution in [1.82, 2.24) is 29.8 Å². The van der Waals surface area contributed by atoms with Crippen LogP contribution in [0.2, 0.25) is 0 Å². The molecule has 4 rings (SSSR count). The average molecular weight is 461 g/mol. The van der Waals surface area contributed by atoms with Gasteiger partial charge in [-0.2, -0.15) is 5.10 Å². The topological polar surface area (TPSA) is 65.9 Å². The molecule has 2 fully saturated rings. The van der Waals surface area contributed by atoms with Crippen LogP contribution in [0.5, 0.6) is 0 Å². The number of nitrogens with zero attached hydrogens (tertiary/aromatic N) is 5. The molecule has 1 aromatic heterocycles. The molecule has 2 heterocycles. The average Bonchev–Trinajstić information content (AvgIpc) is 3.26. The SMILES string of the molecule is COCCn1ncc2c1C(NC(=O)N(C)C1CCCCC1N(C)C1CCN(C)CC1)CCC2. The molecule has 8 nitrogen and oxygen atoms in total. The minimum Gasteiger partial charge on any atom is -0.383 e. The fraction of sp³-hybridized carbons (Fsp3) is 0.840. The standard InChI is InChI=1S/C25H44N6O2/c1-28-14-12-20(13-15-28)29(2)22-10-5-6-11-23(22)30(3)25(32)27-21-9-7-8-19-18-26-31(24(19)21)16-17-33-4/h18,20-23H,5-17H2,1-4H3,(H,27,32). The molecule has 1 saturated carbocycles. The highest BCUT2D eigenvalue weighted by Crippen LogP contribution is 2.32. The quantitative estimate of drug-likeness (QED) is 0.678. The Morgan fingerprint density at radius 1 is 1.12 bits per heavy atom. The Labute approximate surface area is 199 Å². The van der Waals surface area contributed by atoms with Crippen molar-refractivity contribution in [2.75, 3.05) is 47.9 Å². The summed E-state index contributed by atoms with van der Waals surface area (Å²) >= 11 is 0. The van der Waals surface area contributed by atoms with Crippen molar-refractivity contribution in [3.05, 3.63) is 17.5 Å². The number of aryl methyl sites for hydroxylation is 1. The van der Waals surface area contributed by atoms with Crippen molar-refractivity contribution >= 4 is 6.03 Å². The lowest BCUT2D eigenvalue weighted by atomic mass is 9.86. The summed E-state index contributed by atoms with van der Waals surface area (Å²) < 4.78 is 7.29. The number of carbonyl (C=O) groups is 1. The van der Waals surface area contributed by atoms with Gasteiger partial charge in [0.1, 0.15) is 0 Å². The van der Waals surface area contributed by atoms with Gasteiger partial charge in [-0.05, 0) is 77.7 Å². The summed E-state index contributed by atoms with van der Waals surface area (Å²) in [5.74, 6) is 0. The third-order valence-electron chi connectivity index (χ3n) is 8.33. The molecule has 33 heavy (non-hydrogen) atoms. The highest BCUT2D eigenvalue weighted by Gasteiger charge is 2.37. The molecule has 8 heteroatoms. The maximum atomic E-state index is 13.5. The fourth-order valence-electron chi connectivity index (χ4n) is 6.25. The van der Waals surface area contributed by atoms with Gasteiger partial charge < -0.3 is 19.9 Å². The summed E-state index contributed by atoms with van der Waals surface area (Å²) in [6.45, 7) is 3.69. The second-order valence-corrected chi connectivity index (χ2v) is 10.4. The first kappa shape index (κ1) is 24.5. The molecule has 0 aromatic carbocycles. The number of amides is 2. The zero-order valence-electron chi connectivity index (χ0n) is 21.1. The van der Waals surface area contributed by atoms with E-state index in [4.69, 9.17) is 4.74 Å². The Hall–Kier alpha value is -1.64. The van der Waals surface area contributed by atoms with Crippen LogP contribution in [-0.2, 0) is 17.7 Å². The van der Waals surface area contributed by atoms with Crippen molar-refractivity contribution < 1.29 is 9.53 Å². The van der Waals surface area contributed by atoms with Gasteiger partial charge in [0.2, 0.25) is 0 Å². The number of rotatable bonds is 7. The molecule has 1 aliphatic heterocycles. The number of urea groups is 1.